The highest BCUT2D eigenvalue weighted by Gasteiger charge is 2.14. The first-order valence-corrected chi connectivity index (χ1v) is 8.44. The fraction of sp³-hybridized carbons (Fsp3) is 0.263. The average Bonchev–Trinajstić information content (AvgIpc) is 2.57. The molecule has 0 atom stereocenters. The van der Waals surface area contributed by atoms with E-state index >= 15 is 0 Å². The Balaban J connectivity index is 2.04. The number of carbonyl (C=O) groups excluding carboxylic acids is 2. The Morgan fingerprint density at radius 2 is 1.73 bits per heavy atom. The van der Waals surface area contributed by atoms with Crippen LogP contribution < -0.4 is 10.1 Å². The van der Waals surface area contributed by atoms with Gasteiger partial charge in [0, 0.05) is 19.1 Å². The molecule has 2 aromatic carbocycles. The summed E-state index contributed by atoms with van der Waals surface area (Å²) in [7, 11) is 5.06. The van der Waals surface area contributed by atoms with Crippen LogP contribution in [-0.2, 0) is 9.59 Å². The number of rotatable bonds is 7. The van der Waals surface area contributed by atoms with Gasteiger partial charge in [0.2, 0.25) is 11.8 Å². The number of benzene rings is 2. The smallest absolute Gasteiger partial charge is 0.238 e. The van der Waals surface area contributed by atoms with Crippen LogP contribution in [0.15, 0.2) is 48.5 Å². The van der Waals surface area contributed by atoms with Crippen LogP contribution in [-0.4, -0.2) is 55.8 Å². The molecule has 0 aliphatic rings. The number of anilines is 1. The number of hydrogen-bond donors (Lipinski definition) is 1. The van der Waals surface area contributed by atoms with Gasteiger partial charge in [0.25, 0.3) is 0 Å². The molecule has 138 valence electrons. The van der Waals surface area contributed by atoms with Crippen LogP contribution in [0.4, 0.5) is 5.69 Å². The molecular formula is C19H22ClN3O3. The summed E-state index contributed by atoms with van der Waals surface area (Å²) in [6.45, 7) is 0.222. The van der Waals surface area contributed by atoms with Gasteiger partial charge in [-0.1, -0.05) is 29.8 Å². The van der Waals surface area contributed by atoms with Gasteiger partial charge in [0.15, 0.2) is 5.75 Å². The lowest BCUT2D eigenvalue weighted by atomic mass is 10.2. The van der Waals surface area contributed by atoms with Crippen LogP contribution >= 0.6 is 11.6 Å². The van der Waals surface area contributed by atoms with E-state index in [0.29, 0.717) is 22.2 Å². The molecule has 0 aliphatic carbocycles. The van der Waals surface area contributed by atoms with Crippen molar-refractivity contribution in [3.05, 3.63) is 53.6 Å². The van der Waals surface area contributed by atoms with E-state index in [2.05, 4.69) is 5.32 Å². The van der Waals surface area contributed by atoms with Gasteiger partial charge in [-0.2, -0.15) is 0 Å². The minimum absolute atomic E-state index is 0.0663. The molecule has 0 unspecified atom stereocenters. The highest BCUT2D eigenvalue weighted by atomic mass is 35.5. The first kappa shape index (κ1) is 19.8. The SMILES string of the molecule is CN(CC(=O)Nc1cc(Cl)ccc1Oc1ccccc1)CC(=O)N(C)C. The second-order valence-electron chi connectivity index (χ2n) is 6.06. The maximum Gasteiger partial charge on any atom is 0.238 e. The lowest BCUT2D eigenvalue weighted by Crippen LogP contribution is -2.38. The highest BCUT2D eigenvalue weighted by Crippen LogP contribution is 2.31. The van der Waals surface area contributed by atoms with Crippen molar-refractivity contribution >= 4 is 29.1 Å². The topological polar surface area (TPSA) is 61.9 Å². The van der Waals surface area contributed by atoms with Gasteiger partial charge in [0.05, 0.1) is 18.8 Å². The molecule has 0 fully saturated rings. The summed E-state index contributed by atoms with van der Waals surface area (Å²) < 4.78 is 5.82. The zero-order chi connectivity index (χ0) is 19.1. The monoisotopic (exact) mass is 375 g/mol. The number of amides is 2. The van der Waals surface area contributed by atoms with Crippen LogP contribution in [0.2, 0.25) is 5.02 Å². The van der Waals surface area contributed by atoms with Crippen LogP contribution in [0.25, 0.3) is 0 Å². The third-order valence-electron chi connectivity index (χ3n) is 3.50. The largest absolute Gasteiger partial charge is 0.455 e. The molecule has 2 aromatic rings. The lowest BCUT2D eigenvalue weighted by Gasteiger charge is -2.19. The normalized spacial score (nSPS) is 10.5. The predicted molar refractivity (Wildman–Crippen MR) is 103 cm³/mol. The minimum atomic E-state index is -0.265. The Kier molecular flexibility index (Phi) is 7.00. The Labute approximate surface area is 158 Å². The molecule has 0 heterocycles. The molecule has 0 bridgehead atoms. The lowest BCUT2D eigenvalue weighted by molar-refractivity contribution is -0.130. The van der Waals surface area contributed by atoms with E-state index < -0.39 is 0 Å². The van der Waals surface area contributed by atoms with Gasteiger partial charge in [-0.05, 0) is 37.4 Å². The molecule has 0 spiro atoms. The van der Waals surface area contributed by atoms with Gasteiger partial charge in [-0.15, -0.1) is 0 Å². The first-order chi connectivity index (χ1) is 12.3. The molecule has 7 heteroatoms. The summed E-state index contributed by atoms with van der Waals surface area (Å²) >= 11 is 6.05. The van der Waals surface area contributed by atoms with Gasteiger partial charge < -0.3 is 15.0 Å². The molecular weight excluding hydrogens is 354 g/mol. The number of ether oxygens (including phenoxy) is 1. The fourth-order valence-electron chi connectivity index (χ4n) is 2.17. The Morgan fingerprint density at radius 1 is 1.04 bits per heavy atom. The number of likely N-dealkylation sites (N-methyl/N-ethyl adjacent to an activating group) is 2. The van der Waals surface area contributed by atoms with Crippen LogP contribution in [0, 0.1) is 0 Å². The van der Waals surface area contributed by atoms with Gasteiger partial charge in [0.1, 0.15) is 5.75 Å². The van der Waals surface area contributed by atoms with E-state index in [9.17, 15) is 9.59 Å². The number of nitrogens with one attached hydrogen (secondary N) is 1. The van der Waals surface area contributed by atoms with E-state index in [1.807, 2.05) is 30.3 Å². The summed E-state index contributed by atoms with van der Waals surface area (Å²) in [5.41, 5.74) is 0.471. The van der Waals surface area contributed by atoms with E-state index in [0.717, 1.165) is 0 Å². The summed E-state index contributed by atoms with van der Waals surface area (Å²) in [4.78, 5) is 27.1. The van der Waals surface area contributed by atoms with Gasteiger partial charge in [-0.3, -0.25) is 14.5 Å². The number of carbonyl (C=O) groups is 2. The predicted octanol–water partition coefficient (Wildman–Crippen LogP) is 3.09. The summed E-state index contributed by atoms with van der Waals surface area (Å²) in [6, 6.07) is 14.3. The summed E-state index contributed by atoms with van der Waals surface area (Å²) in [5, 5.41) is 3.27. The standard InChI is InChI=1S/C19H22ClN3O3/c1-22(2)19(25)13-23(3)12-18(24)21-16-11-14(20)9-10-17(16)26-15-7-5-4-6-8-15/h4-11H,12-13H2,1-3H3,(H,21,24). The quantitative estimate of drug-likeness (QED) is 0.807. The fourth-order valence-corrected chi connectivity index (χ4v) is 2.34. The Bertz CT molecular complexity index is 766. The molecule has 2 amide bonds. The molecule has 1 N–H and O–H groups in total. The second-order valence-corrected chi connectivity index (χ2v) is 6.50. The van der Waals surface area contributed by atoms with Crippen LogP contribution in [0.5, 0.6) is 11.5 Å². The maximum atomic E-state index is 12.3. The van der Waals surface area contributed by atoms with Crippen molar-refractivity contribution in [2.24, 2.45) is 0 Å². The van der Waals surface area contributed by atoms with Gasteiger partial charge >= 0.3 is 0 Å². The number of hydrogen-bond acceptors (Lipinski definition) is 4. The maximum absolute atomic E-state index is 12.3. The molecule has 0 saturated carbocycles. The zero-order valence-electron chi connectivity index (χ0n) is 15.0. The molecule has 2 rings (SSSR count). The van der Waals surface area contributed by atoms with Crippen molar-refractivity contribution < 1.29 is 14.3 Å². The first-order valence-electron chi connectivity index (χ1n) is 8.06. The molecule has 0 aliphatic heterocycles. The van der Waals surface area contributed by atoms with Crippen molar-refractivity contribution in [1.29, 1.82) is 0 Å². The average molecular weight is 376 g/mol. The van der Waals surface area contributed by atoms with Crippen molar-refractivity contribution in [2.75, 3.05) is 39.5 Å². The molecule has 26 heavy (non-hydrogen) atoms. The van der Waals surface area contributed by atoms with E-state index in [1.54, 1.807) is 44.2 Å². The third kappa shape index (κ3) is 6.06. The second kappa shape index (κ2) is 9.22. The van der Waals surface area contributed by atoms with Crippen molar-refractivity contribution in [3.8, 4) is 11.5 Å². The van der Waals surface area contributed by atoms with Crippen molar-refractivity contribution in [1.82, 2.24) is 9.80 Å². The third-order valence-corrected chi connectivity index (χ3v) is 3.74. The van der Waals surface area contributed by atoms with Crippen molar-refractivity contribution in [3.63, 3.8) is 0 Å². The number of para-hydroxylation sites is 1. The molecule has 0 saturated heterocycles. The Morgan fingerprint density at radius 3 is 2.38 bits per heavy atom. The molecule has 6 nitrogen and oxygen atoms in total. The van der Waals surface area contributed by atoms with E-state index in [4.69, 9.17) is 16.3 Å². The Hall–Kier alpha value is -2.57. The van der Waals surface area contributed by atoms with E-state index in [1.165, 1.54) is 4.90 Å². The molecule has 0 aromatic heterocycles. The van der Waals surface area contributed by atoms with Crippen LogP contribution in [0.1, 0.15) is 0 Å². The van der Waals surface area contributed by atoms with Crippen LogP contribution in [0.3, 0.4) is 0 Å². The van der Waals surface area contributed by atoms with Gasteiger partial charge in [-0.25, -0.2) is 0 Å². The molecule has 0 radical (unpaired) electrons. The summed E-state index contributed by atoms with van der Waals surface area (Å²) in [6.07, 6.45) is 0. The number of nitrogens with zero attached hydrogens (tertiary/aromatic N) is 2. The minimum Gasteiger partial charge on any atom is -0.455 e. The summed E-state index contributed by atoms with van der Waals surface area (Å²) in [5.74, 6) is 0.801. The van der Waals surface area contributed by atoms with E-state index in [-0.39, 0.29) is 24.9 Å². The number of halogens is 1. The zero-order valence-corrected chi connectivity index (χ0v) is 15.8. The highest BCUT2D eigenvalue weighted by molar-refractivity contribution is 6.31. The van der Waals surface area contributed by atoms with Crippen molar-refractivity contribution in [2.45, 2.75) is 0 Å².